The molecule has 10 heteroatoms. The highest BCUT2D eigenvalue weighted by atomic mass is 35.5. The zero-order valence-electron chi connectivity index (χ0n) is 19.3. The smallest absolute Gasteiger partial charge is 0.264 e. The van der Waals surface area contributed by atoms with E-state index in [-0.39, 0.29) is 17.2 Å². The van der Waals surface area contributed by atoms with E-state index < -0.39 is 0 Å². The molecule has 1 aliphatic rings. The van der Waals surface area contributed by atoms with E-state index in [1.54, 1.807) is 10.6 Å². The third-order valence-corrected chi connectivity index (χ3v) is 7.41. The number of pyridine rings is 1. The lowest BCUT2D eigenvalue weighted by Crippen LogP contribution is -2.31. The maximum absolute atomic E-state index is 13.9. The Hall–Kier alpha value is -3.69. The summed E-state index contributed by atoms with van der Waals surface area (Å²) in [6.45, 7) is 0.676. The van der Waals surface area contributed by atoms with Crippen molar-refractivity contribution in [3.63, 3.8) is 0 Å². The quantitative estimate of drug-likeness (QED) is 0.272. The number of thioether (sulfide) groups is 1. The monoisotopic (exact) mass is 516 g/mol. The molecule has 1 aliphatic heterocycles. The van der Waals surface area contributed by atoms with E-state index in [2.05, 4.69) is 19.9 Å². The Morgan fingerprint density at radius 1 is 1.06 bits per heavy atom. The van der Waals surface area contributed by atoms with Crippen LogP contribution in [0.2, 0.25) is 5.02 Å². The van der Waals surface area contributed by atoms with Gasteiger partial charge in [-0.25, -0.2) is 15.0 Å². The molecule has 6 rings (SSSR count). The lowest BCUT2D eigenvalue weighted by atomic mass is 10.0. The molecule has 180 valence electrons. The minimum absolute atomic E-state index is 0.178. The maximum atomic E-state index is 13.9. The number of anilines is 1. The number of rotatable bonds is 4. The highest BCUT2D eigenvalue weighted by molar-refractivity contribution is 7.98. The van der Waals surface area contributed by atoms with Gasteiger partial charge in [-0.3, -0.25) is 14.2 Å². The van der Waals surface area contributed by atoms with E-state index >= 15 is 0 Å². The second kappa shape index (κ2) is 9.07. The summed E-state index contributed by atoms with van der Waals surface area (Å²) in [5.74, 6) is 0.527. The van der Waals surface area contributed by atoms with Crippen LogP contribution in [0.1, 0.15) is 24.6 Å². The average molecular weight is 517 g/mol. The fourth-order valence-electron chi connectivity index (χ4n) is 4.99. The summed E-state index contributed by atoms with van der Waals surface area (Å²) in [7, 11) is 0. The molecule has 8 nitrogen and oxygen atoms in total. The van der Waals surface area contributed by atoms with Crippen molar-refractivity contribution in [1.29, 1.82) is 0 Å². The first-order chi connectivity index (χ1) is 17.6. The molecule has 1 N–H and O–H groups in total. The van der Waals surface area contributed by atoms with Crippen molar-refractivity contribution in [1.82, 2.24) is 24.5 Å². The van der Waals surface area contributed by atoms with E-state index in [9.17, 15) is 9.59 Å². The van der Waals surface area contributed by atoms with Crippen LogP contribution in [-0.4, -0.2) is 37.3 Å². The molecule has 0 aliphatic carbocycles. The minimum atomic E-state index is -0.293. The van der Waals surface area contributed by atoms with Gasteiger partial charge in [0.15, 0.2) is 10.8 Å². The van der Waals surface area contributed by atoms with Gasteiger partial charge in [-0.2, -0.15) is 0 Å². The molecule has 1 atom stereocenters. The third-order valence-electron chi connectivity index (χ3n) is 6.55. The minimum Gasteiger partial charge on any atom is -0.347 e. The SMILES string of the molecule is CSc1nc(N2CCCC2c2cc3cccc(Cl)c3c(=O)n2-c2ccccc2)c2c(=O)[nH]cnc2n1. The number of para-hydroxylation sites is 1. The van der Waals surface area contributed by atoms with Crippen LogP contribution in [0.4, 0.5) is 5.82 Å². The van der Waals surface area contributed by atoms with Crippen molar-refractivity contribution in [2.24, 2.45) is 0 Å². The summed E-state index contributed by atoms with van der Waals surface area (Å²) < 4.78 is 1.73. The molecule has 5 aromatic rings. The lowest BCUT2D eigenvalue weighted by molar-refractivity contribution is 0.659. The van der Waals surface area contributed by atoms with E-state index in [0.717, 1.165) is 29.6 Å². The molecular formula is C26H21ClN6O2S. The van der Waals surface area contributed by atoms with Crippen LogP contribution in [0.5, 0.6) is 0 Å². The molecule has 0 bridgehead atoms. The predicted molar refractivity (Wildman–Crippen MR) is 144 cm³/mol. The van der Waals surface area contributed by atoms with Crippen molar-refractivity contribution < 1.29 is 0 Å². The molecule has 36 heavy (non-hydrogen) atoms. The molecule has 3 aromatic heterocycles. The number of aromatic amines is 1. The van der Waals surface area contributed by atoms with Crippen LogP contribution >= 0.6 is 23.4 Å². The fraction of sp³-hybridized carbons (Fsp3) is 0.192. The molecule has 2 aromatic carbocycles. The van der Waals surface area contributed by atoms with E-state index in [4.69, 9.17) is 16.6 Å². The van der Waals surface area contributed by atoms with Crippen LogP contribution in [0, 0.1) is 0 Å². The number of hydrogen-bond acceptors (Lipinski definition) is 7. The van der Waals surface area contributed by atoms with Gasteiger partial charge in [-0.15, -0.1) is 0 Å². The highest BCUT2D eigenvalue weighted by Crippen LogP contribution is 2.39. The standard InChI is InChI=1S/C26H21ClN6O2S/c1-36-26-30-22-21(24(34)29-14-28-22)23(31-26)32-12-6-11-18(32)19-13-15-7-5-10-17(27)20(15)25(35)33(19)16-8-3-2-4-9-16/h2-5,7-10,13-14,18H,6,11-12H2,1H3,(H,28,29,30,31,34). The van der Waals surface area contributed by atoms with Crippen LogP contribution in [0.25, 0.3) is 27.5 Å². The van der Waals surface area contributed by atoms with Crippen molar-refractivity contribution in [3.05, 3.63) is 92.3 Å². The molecule has 0 spiro atoms. The molecule has 1 unspecified atom stereocenters. The number of fused-ring (bicyclic) bond motifs is 2. The second-order valence-electron chi connectivity index (χ2n) is 8.56. The van der Waals surface area contributed by atoms with E-state index in [0.29, 0.717) is 39.0 Å². The van der Waals surface area contributed by atoms with Gasteiger partial charge in [0.05, 0.1) is 22.8 Å². The second-order valence-corrected chi connectivity index (χ2v) is 9.75. The number of hydrogen-bond donors (Lipinski definition) is 1. The number of halogens is 1. The van der Waals surface area contributed by atoms with Crippen molar-refractivity contribution in [2.45, 2.75) is 24.0 Å². The molecule has 1 saturated heterocycles. The van der Waals surface area contributed by atoms with Gasteiger partial charge in [0, 0.05) is 17.9 Å². The number of nitrogens with one attached hydrogen (secondary N) is 1. The van der Waals surface area contributed by atoms with Crippen LogP contribution < -0.4 is 16.0 Å². The van der Waals surface area contributed by atoms with Gasteiger partial charge >= 0.3 is 0 Å². The van der Waals surface area contributed by atoms with Crippen LogP contribution in [0.15, 0.2) is 75.7 Å². The molecule has 1 fully saturated rings. The highest BCUT2D eigenvalue weighted by Gasteiger charge is 2.33. The van der Waals surface area contributed by atoms with Gasteiger partial charge in [-0.05, 0) is 48.7 Å². The summed E-state index contributed by atoms with van der Waals surface area (Å²) in [5, 5.41) is 2.56. The first kappa shape index (κ1) is 22.8. The molecule has 0 saturated carbocycles. The van der Waals surface area contributed by atoms with Gasteiger partial charge in [-0.1, -0.05) is 53.7 Å². The molecule has 0 radical (unpaired) electrons. The summed E-state index contributed by atoms with van der Waals surface area (Å²) in [5.41, 5.74) is 1.45. The Morgan fingerprint density at radius 2 is 1.89 bits per heavy atom. The number of aromatic nitrogens is 5. The van der Waals surface area contributed by atoms with Crippen molar-refractivity contribution in [3.8, 4) is 5.69 Å². The van der Waals surface area contributed by atoms with E-state index in [1.807, 2.05) is 54.8 Å². The first-order valence-corrected chi connectivity index (χ1v) is 13.1. The van der Waals surface area contributed by atoms with Crippen molar-refractivity contribution >= 4 is 51.0 Å². The Labute approximate surface area is 215 Å². The largest absolute Gasteiger partial charge is 0.347 e. The molecule has 4 heterocycles. The Kier molecular flexibility index (Phi) is 5.73. The first-order valence-electron chi connectivity index (χ1n) is 11.5. The summed E-state index contributed by atoms with van der Waals surface area (Å²) in [6.07, 6.45) is 4.91. The maximum Gasteiger partial charge on any atom is 0.264 e. The zero-order chi connectivity index (χ0) is 24.8. The zero-order valence-corrected chi connectivity index (χ0v) is 20.9. The number of nitrogens with zero attached hydrogens (tertiary/aromatic N) is 5. The number of benzene rings is 2. The van der Waals surface area contributed by atoms with Crippen molar-refractivity contribution in [2.75, 3.05) is 17.7 Å². The Bertz CT molecular complexity index is 1740. The number of H-pyrrole nitrogens is 1. The fourth-order valence-corrected chi connectivity index (χ4v) is 5.61. The van der Waals surface area contributed by atoms with Gasteiger partial charge in [0.1, 0.15) is 11.2 Å². The van der Waals surface area contributed by atoms with Gasteiger partial charge in [0.2, 0.25) is 0 Å². The molecular weight excluding hydrogens is 496 g/mol. The lowest BCUT2D eigenvalue weighted by Gasteiger charge is -2.29. The predicted octanol–water partition coefficient (Wildman–Crippen LogP) is 4.73. The average Bonchev–Trinajstić information content (AvgIpc) is 3.38. The van der Waals surface area contributed by atoms with Crippen LogP contribution in [0.3, 0.4) is 0 Å². The van der Waals surface area contributed by atoms with Gasteiger partial charge < -0.3 is 9.88 Å². The van der Waals surface area contributed by atoms with E-state index in [1.165, 1.54) is 18.1 Å². The topological polar surface area (TPSA) is 96.8 Å². The Morgan fingerprint density at radius 3 is 2.69 bits per heavy atom. The summed E-state index contributed by atoms with van der Waals surface area (Å²) >= 11 is 7.88. The van der Waals surface area contributed by atoms with Gasteiger partial charge in [0.25, 0.3) is 11.1 Å². The Balaban J connectivity index is 1.63. The van der Waals surface area contributed by atoms with Crippen LogP contribution in [-0.2, 0) is 0 Å². The summed E-state index contributed by atoms with van der Waals surface area (Å²) in [6, 6.07) is 16.9. The molecule has 0 amide bonds. The summed E-state index contributed by atoms with van der Waals surface area (Å²) in [4.78, 5) is 45.0. The third kappa shape index (κ3) is 3.66. The normalized spacial score (nSPS) is 15.7.